The number of ether oxygens (including phenoxy) is 2. The van der Waals surface area contributed by atoms with Crippen LogP contribution in [-0.2, 0) is 15.9 Å². The molecule has 160 valence electrons. The van der Waals surface area contributed by atoms with E-state index >= 15 is 0 Å². The Morgan fingerprint density at radius 3 is 2.90 bits per heavy atom. The molecule has 0 saturated carbocycles. The van der Waals surface area contributed by atoms with E-state index in [0.29, 0.717) is 0 Å². The van der Waals surface area contributed by atoms with E-state index in [4.69, 9.17) is 9.47 Å². The molecule has 0 aromatic carbocycles. The highest BCUT2D eigenvalue weighted by Crippen LogP contribution is 2.29. The lowest BCUT2D eigenvalue weighted by molar-refractivity contribution is -0.0816. The Balaban J connectivity index is 0.00000240. The molecular formula is C20H29IN4O2S2. The maximum atomic E-state index is 5.95. The minimum Gasteiger partial charge on any atom is -0.375 e. The number of hydrogen-bond donors (Lipinski definition) is 1. The van der Waals surface area contributed by atoms with Crippen molar-refractivity contribution in [1.29, 1.82) is 0 Å². The number of thiazole rings is 1. The number of hydrogen-bond acceptors (Lipinski definition) is 6. The third-order valence-corrected chi connectivity index (χ3v) is 7.11. The van der Waals surface area contributed by atoms with Crippen LogP contribution in [0, 0.1) is 6.92 Å². The fraction of sp³-hybridized carbons (Fsp3) is 0.600. The quantitative estimate of drug-likeness (QED) is 0.350. The molecule has 2 aliphatic rings. The van der Waals surface area contributed by atoms with Gasteiger partial charge in [-0.2, -0.15) is 0 Å². The first-order chi connectivity index (χ1) is 13.7. The summed E-state index contributed by atoms with van der Waals surface area (Å²) in [6.45, 7) is 6.22. The number of nitrogens with zero attached hydrogens (tertiary/aromatic N) is 3. The van der Waals surface area contributed by atoms with Crippen LogP contribution < -0.4 is 5.32 Å². The first-order valence-corrected chi connectivity index (χ1v) is 11.6. The Bertz CT molecular complexity index is 804. The van der Waals surface area contributed by atoms with E-state index in [9.17, 15) is 0 Å². The number of rotatable bonds is 5. The summed E-state index contributed by atoms with van der Waals surface area (Å²) in [4.78, 5) is 14.0. The summed E-state index contributed by atoms with van der Waals surface area (Å²) in [7, 11) is 1.85. The van der Waals surface area contributed by atoms with E-state index in [0.717, 1.165) is 68.8 Å². The lowest BCUT2D eigenvalue weighted by atomic mass is 10.1. The summed E-state index contributed by atoms with van der Waals surface area (Å²) in [6.07, 6.45) is 3.60. The number of guanidine groups is 1. The molecule has 2 aliphatic heterocycles. The molecular weight excluding hydrogens is 519 g/mol. The van der Waals surface area contributed by atoms with Crippen LogP contribution in [0.5, 0.6) is 0 Å². The monoisotopic (exact) mass is 548 g/mol. The molecule has 2 aromatic heterocycles. The Labute approximate surface area is 197 Å². The van der Waals surface area contributed by atoms with Crippen molar-refractivity contribution in [3.8, 4) is 10.6 Å². The second kappa shape index (κ2) is 11.0. The van der Waals surface area contributed by atoms with Crippen LogP contribution in [0.2, 0.25) is 0 Å². The number of aliphatic imine (C=N–C) groups is 1. The van der Waals surface area contributed by atoms with Crippen LogP contribution >= 0.6 is 46.7 Å². The third kappa shape index (κ3) is 5.90. The second-order valence-corrected chi connectivity index (χ2v) is 9.38. The van der Waals surface area contributed by atoms with Gasteiger partial charge < -0.3 is 19.7 Å². The Hall–Kier alpha value is -0.750. The molecule has 9 heteroatoms. The third-order valence-electron chi connectivity index (χ3n) is 5.17. The summed E-state index contributed by atoms with van der Waals surface area (Å²) in [5.74, 6) is 0.957. The van der Waals surface area contributed by atoms with Crippen molar-refractivity contribution in [2.45, 2.75) is 38.4 Å². The van der Waals surface area contributed by atoms with Crippen LogP contribution in [0.25, 0.3) is 10.6 Å². The van der Waals surface area contributed by atoms with Gasteiger partial charge in [0.15, 0.2) is 5.96 Å². The number of aromatic nitrogens is 1. The van der Waals surface area contributed by atoms with E-state index in [1.165, 1.54) is 9.75 Å². The molecule has 0 aliphatic carbocycles. The summed E-state index contributed by atoms with van der Waals surface area (Å²) >= 11 is 3.53. The summed E-state index contributed by atoms with van der Waals surface area (Å²) in [5.41, 5.74) is 1.09. The van der Waals surface area contributed by atoms with Gasteiger partial charge in [-0.05, 0) is 38.3 Å². The van der Waals surface area contributed by atoms with Crippen molar-refractivity contribution in [2.75, 3.05) is 39.9 Å². The van der Waals surface area contributed by atoms with Crippen molar-refractivity contribution < 1.29 is 9.47 Å². The van der Waals surface area contributed by atoms with Gasteiger partial charge in [-0.25, -0.2) is 4.98 Å². The highest BCUT2D eigenvalue weighted by molar-refractivity contribution is 14.0. The molecule has 4 rings (SSSR count). The van der Waals surface area contributed by atoms with Crippen molar-refractivity contribution in [3.05, 3.63) is 27.4 Å². The zero-order valence-electron chi connectivity index (χ0n) is 16.9. The Morgan fingerprint density at radius 1 is 1.31 bits per heavy atom. The number of morpholine rings is 1. The lowest BCUT2D eigenvalue weighted by Gasteiger charge is -2.37. The molecule has 1 N–H and O–H groups in total. The topological polar surface area (TPSA) is 59.0 Å². The summed E-state index contributed by atoms with van der Waals surface area (Å²) in [5, 5.41) is 6.77. The van der Waals surface area contributed by atoms with Gasteiger partial charge in [0, 0.05) is 43.5 Å². The highest BCUT2D eigenvalue weighted by atomic mass is 127. The second-order valence-electron chi connectivity index (χ2n) is 7.15. The van der Waals surface area contributed by atoms with Crippen molar-refractivity contribution in [3.63, 3.8) is 0 Å². The summed E-state index contributed by atoms with van der Waals surface area (Å²) in [6, 6.07) is 4.39. The zero-order valence-corrected chi connectivity index (χ0v) is 20.9. The molecule has 2 fully saturated rings. The fourth-order valence-electron chi connectivity index (χ4n) is 3.74. The first-order valence-electron chi connectivity index (χ1n) is 9.93. The van der Waals surface area contributed by atoms with E-state index in [1.807, 2.05) is 25.3 Å². The molecule has 0 radical (unpaired) electrons. The van der Waals surface area contributed by atoms with Gasteiger partial charge >= 0.3 is 0 Å². The average molecular weight is 549 g/mol. The van der Waals surface area contributed by atoms with Gasteiger partial charge in [-0.15, -0.1) is 46.7 Å². The maximum Gasteiger partial charge on any atom is 0.193 e. The van der Waals surface area contributed by atoms with Crippen LogP contribution in [-0.4, -0.2) is 67.9 Å². The molecule has 2 saturated heterocycles. The minimum absolute atomic E-state index is 0. The van der Waals surface area contributed by atoms with Gasteiger partial charge in [0.05, 0.1) is 28.3 Å². The van der Waals surface area contributed by atoms with Crippen molar-refractivity contribution in [1.82, 2.24) is 15.2 Å². The molecule has 0 bridgehead atoms. The van der Waals surface area contributed by atoms with E-state index in [1.54, 1.807) is 11.3 Å². The van der Waals surface area contributed by atoms with Crippen molar-refractivity contribution in [2.24, 2.45) is 4.99 Å². The number of aryl methyl sites for hydroxylation is 1. The molecule has 29 heavy (non-hydrogen) atoms. The van der Waals surface area contributed by atoms with Crippen LogP contribution in [0.4, 0.5) is 0 Å². The van der Waals surface area contributed by atoms with Gasteiger partial charge in [0.25, 0.3) is 0 Å². The first kappa shape index (κ1) is 22.9. The SMILES string of the molecule is CN=C(NCCc1ccc(-c2csc(C)n2)s1)N1CCOC(C2CCCO2)C1.I. The molecule has 6 nitrogen and oxygen atoms in total. The number of halogens is 1. The predicted octanol–water partition coefficient (Wildman–Crippen LogP) is 3.80. The standard InChI is InChI=1S/C20H28N4O2S2.HI/c1-14-23-16(13-27-14)19-6-5-15(28-19)7-8-22-20(21-2)24-9-11-26-18(12-24)17-4-3-10-25-17;/h5-6,13,17-18H,3-4,7-12H2,1-2H3,(H,21,22);1H. The molecule has 2 unspecified atom stereocenters. The fourth-order valence-corrected chi connectivity index (χ4v) is 5.40. The number of nitrogens with one attached hydrogen (secondary N) is 1. The smallest absolute Gasteiger partial charge is 0.193 e. The lowest BCUT2D eigenvalue weighted by Crippen LogP contribution is -2.53. The highest BCUT2D eigenvalue weighted by Gasteiger charge is 2.32. The van der Waals surface area contributed by atoms with Crippen LogP contribution in [0.3, 0.4) is 0 Å². The molecule has 4 heterocycles. The van der Waals surface area contributed by atoms with Gasteiger partial charge in [0.1, 0.15) is 6.10 Å². The Morgan fingerprint density at radius 2 is 2.17 bits per heavy atom. The van der Waals surface area contributed by atoms with Gasteiger partial charge in [0.2, 0.25) is 0 Å². The Kier molecular flexibility index (Phi) is 8.72. The summed E-state index contributed by atoms with van der Waals surface area (Å²) < 4.78 is 11.8. The minimum atomic E-state index is 0. The molecule has 0 amide bonds. The zero-order chi connectivity index (χ0) is 19.3. The normalized spacial score (nSPS) is 22.6. The van der Waals surface area contributed by atoms with E-state index in [2.05, 4.69) is 37.7 Å². The van der Waals surface area contributed by atoms with E-state index < -0.39 is 0 Å². The van der Waals surface area contributed by atoms with Gasteiger partial charge in [-0.1, -0.05) is 0 Å². The molecule has 0 spiro atoms. The predicted molar refractivity (Wildman–Crippen MR) is 131 cm³/mol. The van der Waals surface area contributed by atoms with E-state index in [-0.39, 0.29) is 36.2 Å². The average Bonchev–Trinajstić information content (AvgIpc) is 3.47. The largest absolute Gasteiger partial charge is 0.375 e. The number of thiophene rings is 1. The van der Waals surface area contributed by atoms with Crippen molar-refractivity contribution >= 4 is 52.6 Å². The van der Waals surface area contributed by atoms with Crippen LogP contribution in [0.15, 0.2) is 22.5 Å². The van der Waals surface area contributed by atoms with Gasteiger partial charge in [-0.3, -0.25) is 4.99 Å². The molecule has 2 aromatic rings. The maximum absolute atomic E-state index is 5.95. The van der Waals surface area contributed by atoms with Crippen LogP contribution in [0.1, 0.15) is 22.7 Å². The molecule has 2 atom stereocenters.